The average Bonchev–Trinajstić information content (AvgIpc) is 3.05. The number of carbonyl (C=O) groups is 2. The van der Waals surface area contributed by atoms with Crippen molar-refractivity contribution in [3.05, 3.63) is 46.8 Å². The van der Waals surface area contributed by atoms with Gasteiger partial charge in [0.05, 0.1) is 5.75 Å². The number of rotatable bonds is 6. The van der Waals surface area contributed by atoms with Crippen LogP contribution in [0.25, 0.3) is 0 Å². The summed E-state index contributed by atoms with van der Waals surface area (Å²) in [6.07, 6.45) is 3.31. The highest BCUT2D eigenvalue weighted by molar-refractivity contribution is 7.99. The molecule has 1 N–H and O–H groups in total. The molecule has 0 atom stereocenters. The maximum atomic E-state index is 12.0. The minimum absolute atomic E-state index is 0.0645. The normalized spacial score (nSPS) is 12.5. The number of aryl methyl sites for hydroxylation is 4. The van der Waals surface area contributed by atoms with Crippen molar-refractivity contribution in [3.63, 3.8) is 0 Å². The molecule has 1 aliphatic carbocycles. The van der Waals surface area contributed by atoms with Gasteiger partial charge in [-0.3, -0.25) is 9.59 Å². The van der Waals surface area contributed by atoms with Crippen LogP contribution < -0.4 is 5.32 Å². The van der Waals surface area contributed by atoms with Crippen LogP contribution in [0.15, 0.2) is 29.4 Å². The summed E-state index contributed by atoms with van der Waals surface area (Å²) >= 11 is 1.20. The van der Waals surface area contributed by atoms with E-state index >= 15 is 0 Å². The van der Waals surface area contributed by atoms with Crippen molar-refractivity contribution in [2.45, 2.75) is 38.3 Å². The SMILES string of the molecule is Cc1cc(C)nc(SCC(=O)OCC(=O)Nc2ccc3c(c2)CCC3)n1. The first kappa shape index (κ1) is 18.4. The number of carbonyl (C=O) groups excluding carboxylic acids is 2. The van der Waals surface area contributed by atoms with Crippen molar-refractivity contribution in [1.29, 1.82) is 0 Å². The smallest absolute Gasteiger partial charge is 0.316 e. The minimum Gasteiger partial charge on any atom is -0.455 e. The lowest BCUT2D eigenvalue weighted by Crippen LogP contribution is -2.21. The number of fused-ring (bicyclic) bond motifs is 1. The van der Waals surface area contributed by atoms with Crippen molar-refractivity contribution in [2.24, 2.45) is 0 Å². The Morgan fingerprint density at radius 2 is 1.85 bits per heavy atom. The Kier molecular flexibility index (Phi) is 5.88. The van der Waals surface area contributed by atoms with E-state index in [1.165, 1.54) is 22.9 Å². The summed E-state index contributed by atoms with van der Waals surface area (Å²) in [7, 11) is 0. The molecule has 3 rings (SSSR count). The molecule has 26 heavy (non-hydrogen) atoms. The van der Waals surface area contributed by atoms with Crippen molar-refractivity contribution in [1.82, 2.24) is 9.97 Å². The highest BCUT2D eigenvalue weighted by Gasteiger charge is 2.13. The number of benzene rings is 1. The van der Waals surface area contributed by atoms with Gasteiger partial charge in [-0.25, -0.2) is 9.97 Å². The molecule has 1 heterocycles. The van der Waals surface area contributed by atoms with Crippen molar-refractivity contribution >= 4 is 29.3 Å². The zero-order valence-electron chi connectivity index (χ0n) is 14.9. The lowest BCUT2D eigenvalue weighted by atomic mass is 10.1. The molecule has 0 fully saturated rings. The zero-order chi connectivity index (χ0) is 18.5. The quantitative estimate of drug-likeness (QED) is 0.478. The lowest BCUT2D eigenvalue weighted by Gasteiger charge is -2.08. The summed E-state index contributed by atoms with van der Waals surface area (Å²) in [4.78, 5) is 32.3. The molecule has 1 aromatic heterocycles. The highest BCUT2D eigenvalue weighted by atomic mass is 32.2. The molecular weight excluding hydrogens is 350 g/mol. The Morgan fingerprint density at radius 3 is 2.62 bits per heavy atom. The summed E-state index contributed by atoms with van der Waals surface area (Å²) in [5.41, 5.74) is 5.07. The molecule has 0 unspecified atom stereocenters. The molecule has 1 aliphatic rings. The van der Waals surface area contributed by atoms with E-state index in [4.69, 9.17) is 4.74 Å². The maximum absolute atomic E-state index is 12.0. The molecule has 0 spiro atoms. The van der Waals surface area contributed by atoms with Crippen LogP contribution in [0, 0.1) is 13.8 Å². The van der Waals surface area contributed by atoms with E-state index < -0.39 is 5.97 Å². The number of nitrogens with one attached hydrogen (secondary N) is 1. The number of hydrogen-bond donors (Lipinski definition) is 1. The van der Waals surface area contributed by atoms with Crippen LogP contribution in [-0.4, -0.2) is 34.2 Å². The Labute approximate surface area is 156 Å². The largest absolute Gasteiger partial charge is 0.455 e. The minimum atomic E-state index is -0.470. The van der Waals surface area contributed by atoms with E-state index in [9.17, 15) is 9.59 Å². The summed E-state index contributed by atoms with van der Waals surface area (Å²) in [6.45, 7) is 3.45. The summed E-state index contributed by atoms with van der Waals surface area (Å²) in [6, 6.07) is 7.79. The van der Waals surface area contributed by atoms with Gasteiger partial charge in [-0.15, -0.1) is 0 Å². The Balaban J connectivity index is 1.43. The molecule has 0 aliphatic heterocycles. The third kappa shape index (κ3) is 5.05. The fourth-order valence-corrected chi connectivity index (χ4v) is 3.66. The molecule has 6 nitrogen and oxygen atoms in total. The number of esters is 1. The van der Waals surface area contributed by atoms with E-state index in [0.29, 0.717) is 5.16 Å². The number of aromatic nitrogens is 2. The van der Waals surface area contributed by atoms with Crippen LogP contribution in [0.4, 0.5) is 5.69 Å². The van der Waals surface area contributed by atoms with Crippen LogP contribution in [0.1, 0.15) is 28.9 Å². The first-order chi connectivity index (χ1) is 12.5. The molecule has 1 amide bonds. The van der Waals surface area contributed by atoms with E-state index in [1.54, 1.807) is 0 Å². The zero-order valence-corrected chi connectivity index (χ0v) is 15.7. The number of amides is 1. The third-order valence-corrected chi connectivity index (χ3v) is 4.85. The molecule has 7 heteroatoms. The predicted molar refractivity (Wildman–Crippen MR) is 100 cm³/mol. The first-order valence-electron chi connectivity index (χ1n) is 8.52. The van der Waals surface area contributed by atoms with Gasteiger partial charge in [-0.1, -0.05) is 17.8 Å². The number of nitrogens with zero attached hydrogens (tertiary/aromatic N) is 2. The Bertz CT molecular complexity index is 819. The van der Waals surface area contributed by atoms with Crippen molar-refractivity contribution in [2.75, 3.05) is 17.7 Å². The molecular formula is C19H21N3O3S. The van der Waals surface area contributed by atoms with Gasteiger partial charge in [-0.05, 0) is 62.4 Å². The second kappa shape index (κ2) is 8.31. The predicted octanol–water partition coefficient (Wildman–Crippen LogP) is 2.86. The standard InChI is InChI=1S/C19H21N3O3S/c1-12-8-13(2)21-19(20-12)26-11-18(24)25-10-17(23)22-16-7-6-14-4-3-5-15(14)9-16/h6-9H,3-5,10-11H2,1-2H3,(H,22,23). The van der Waals surface area contributed by atoms with Gasteiger partial charge in [0, 0.05) is 17.1 Å². The molecule has 0 saturated heterocycles. The maximum Gasteiger partial charge on any atom is 0.316 e. The summed E-state index contributed by atoms with van der Waals surface area (Å²) in [5.74, 6) is -0.750. The van der Waals surface area contributed by atoms with Crippen molar-refractivity contribution in [3.8, 4) is 0 Å². The van der Waals surface area contributed by atoms with Crippen LogP contribution in [0.5, 0.6) is 0 Å². The molecule has 1 aromatic carbocycles. The molecule has 0 bridgehead atoms. The van der Waals surface area contributed by atoms with Gasteiger partial charge in [0.1, 0.15) is 0 Å². The van der Waals surface area contributed by atoms with Gasteiger partial charge in [0.25, 0.3) is 5.91 Å². The van der Waals surface area contributed by atoms with Crippen LogP contribution in [0.3, 0.4) is 0 Å². The summed E-state index contributed by atoms with van der Waals surface area (Å²) < 4.78 is 5.02. The van der Waals surface area contributed by atoms with Gasteiger partial charge in [-0.2, -0.15) is 0 Å². The topological polar surface area (TPSA) is 81.2 Å². The van der Waals surface area contributed by atoms with E-state index in [0.717, 1.165) is 36.3 Å². The van der Waals surface area contributed by atoms with E-state index in [1.807, 2.05) is 38.1 Å². The average molecular weight is 371 g/mol. The highest BCUT2D eigenvalue weighted by Crippen LogP contribution is 2.24. The molecule has 136 valence electrons. The number of thioether (sulfide) groups is 1. The van der Waals surface area contributed by atoms with Gasteiger partial charge in [0.2, 0.25) is 0 Å². The van der Waals surface area contributed by atoms with E-state index in [2.05, 4.69) is 15.3 Å². The van der Waals surface area contributed by atoms with Gasteiger partial charge < -0.3 is 10.1 Å². The molecule has 0 radical (unpaired) electrons. The summed E-state index contributed by atoms with van der Waals surface area (Å²) in [5, 5.41) is 3.30. The van der Waals surface area contributed by atoms with Gasteiger partial charge >= 0.3 is 5.97 Å². The van der Waals surface area contributed by atoms with Crippen LogP contribution >= 0.6 is 11.8 Å². The second-order valence-electron chi connectivity index (χ2n) is 6.27. The number of hydrogen-bond acceptors (Lipinski definition) is 6. The van der Waals surface area contributed by atoms with Crippen molar-refractivity contribution < 1.29 is 14.3 Å². The van der Waals surface area contributed by atoms with E-state index in [-0.39, 0.29) is 18.3 Å². The van der Waals surface area contributed by atoms with Crippen LogP contribution in [0.2, 0.25) is 0 Å². The van der Waals surface area contributed by atoms with Gasteiger partial charge in [0.15, 0.2) is 11.8 Å². The third-order valence-electron chi connectivity index (χ3n) is 4.03. The molecule has 0 saturated carbocycles. The fraction of sp³-hybridized carbons (Fsp3) is 0.368. The Hall–Kier alpha value is -2.41. The first-order valence-corrected chi connectivity index (χ1v) is 9.50. The second-order valence-corrected chi connectivity index (χ2v) is 7.21. The Morgan fingerprint density at radius 1 is 1.12 bits per heavy atom. The monoisotopic (exact) mass is 371 g/mol. The lowest BCUT2D eigenvalue weighted by molar-refractivity contribution is -0.144. The number of ether oxygens (including phenoxy) is 1. The fourth-order valence-electron chi connectivity index (χ4n) is 2.92. The van der Waals surface area contributed by atoms with Crippen LogP contribution in [-0.2, 0) is 27.2 Å². The number of anilines is 1. The molecule has 2 aromatic rings.